The third-order valence-corrected chi connectivity index (χ3v) is 9.16. The zero-order valence-electron chi connectivity index (χ0n) is 20.3. The molecule has 4 rings (SSSR count). The number of sulfonamides is 1. The van der Waals surface area contributed by atoms with Gasteiger partial charge in [0, 0.05) is 18.8 Å². The van der Waals surface area contributed by atoms with Crippen molar-refractivity contribution in [1.82, 2.24) is 13.9 Å². The topological polar surface area (TPSA) is 68.3 Å². The van der Waals surface area contributed by atoms with Crippen LogP contribution in [0, 0.1) is 20.8 Å². The van der Waals surface area contributed by atoms with Crippen LogP contribution in [0.25, 0.3) is 11.0 Å². The van der Waals surface area contributed by atoms with Gasteiger partial charge in [-0.15, -0.1) is 0 Å². The van der Waals surface area contributed by atoms with Crippen molar-refractivity contribution in [1.29, 1.82) is 0 Å². The van der Waals surface area contributed by atoms with Crippen LogP contribution in [0.15, 0.2) is 63.2 Å². The molecule has 0 saturated heterocycles. The van der Waals surface area contributed by atoms with Crippen LogP contribution in [0.3, 0.4) is 0 Å². The SMILES string of the molecule is CCN(CC)S(=O)(=O)c1ccc2c(c1)nc(SCc1c(C)cc(C)cc1C)n2Cc1ccco1. The van der Waals surface area contributed by atoms with E-state index in [0.717, 1.165) is 22.2 Å². The van der Waals surface area contributed by atoms with E-state index in [1.807, 2.05) is 32.0 Å². The van der Waals surface area contributed by atoms with Crippen LogP contribution < -0.4 is 0 Å². The van der Waals surface area contributed by atoms with E-state index in [9.17, 15) is 8.42 Å². The Morgan fingerprint density at radius 2 is 1.74 bits per heavy atom. The van der Waals surface area contributed by atoms with Crippen LogP contribution >= 0.6 is 11.8 Å². The molecule has 2 aromatic heterocycles. The molecule has 4 aromatic rings. The summed E-state index contributed by atoms with van der Waals surface area (Å²) in [6.45, 7) is 11.5. The first-order valence-corrected chi connectivity index (χ1v) is 13.9. The van der Waals surface area contributed by atoms with Crippen molar-refractivity contribution in [2.45, 2.75) is 57.0 Å². The number of furan rings is 1. The van der Waals surface area contributed by atoms with Crippen molar-refractivity contribution in [2.24, 2.45) is 0 Å². The minimum atomic E-state index is -3.56. The Labute approximate surface area is 206 Å². The van der Waals surface area contributed by atoms with Gasteiger partial charge in [-0.05, 0) is 67.8 Å². The maximum Gasteiger partial charge on any atom is 0.243 e. The van der Waals surface area contributed by atoms with E-state index in [-0.39, 0.29) is 4.90 Å². The van der Waals surface area contributed by atoms with E-state index in [2.05, 4.69) is 37.5 Å². The highest BCUT2D eigenvalue weighted by Gasteiger charge is 2.23. The standard InChI is InChI=1S/C26H31N3O3S2/c1-6-28(7-2)34(30,31)22-10-11-25-24(15-22)27-26(29(25)16-21-9-8-12-32-21)33-17-23-19(4)13-18(3)14-20(23)5/h8-15H,6-7,16-17H2,1-5H3. The predicted octanol–water partition coefficient (Wildman–Crippen LogP) is 5.93. The number of benzene rings is 2. The Morgan fingerprint density at radius 1 is 1.03 bits per heavy atom. The largest absolute Gasteiger partial charge is 0.467 e. The molecule has 0 aliphatic rings. The van der Waals surface area contributed by atoms with E-state index in [1.165, 1.54) is 26.6 Å². The molecule has 6 nitrogen and oxygen atoms in total. The molecule has 2 heterocycles. The smallest absolute Gasteiger partial charge is 0.243 e. The number of aryl methyl sites for hydroxylation is 3. The third kappa shape index (κ3) is 4.80. The summed E-state index contributed by atoms with van der Waals surface area (Å²) in [4.78, 5) is 5.14. The van der Waals surface area contributed by atoms with Gasteiger partial charge in [0.1, 0.15) is 5.76 Å². The number of nitrogens with zero attached hydrogens (tertiary/aromatic N) is 3. The van der Waals surface area contributed by atoms with Gasteiger partial charge in [-0.1, -0.05) is 43.3 Å². The second-order valence-corrected chi connectivity index (χ2v) is 11.3. The Balaban J connectivity index is 1.75. The fraction of sp³-hybridized carbons (Fsp3) is 0.346. The second-order valence-electron chi connectivity index (χ2n) is 8.47. The van der Waals surface area contributed by atoms with Crippen molar-refractivity contribution < 1.29 is 12.8 Å². The van der Waals surface area contributed by atoms with Gasteiger partial charge in [0.25, 0.3) is 0 Å². The van der Waals surface area contributed by atoms with E-state index >= 15 is 0 Å². The van der Waals surface area contributed by atoms with E-state index < -0.39 is 10.0 Å². The summed E-state index contributed by atoms with van der Waals surface area (Å²) in [5.74, 6) is 1.60. The number of imidazole rings is 1. The lowest BCUT2D eigenvalue weighted by atomic mass is 10.0. The number of aromatic nitrogens is 2. The van der Waals surface area contributed by atoms with E-state index in [1.54, 1.807) is 30.2 Å². The van der Waals surface area contributed by atoms with Gasteiger partial charge in [0.15, 0.2) is 5.16 Å². The van der Waals surface area contributed by atoms with Gasteiger partial charge in [0.2, 0.25) is 10.0 Å². The highest BCUT2D eigenvalue weighted by atomic mass is 32.2. The van der Waals surface area contributed by atoms with Crippen molar-refractivity contribution in [3.63, 3.8) is 0 Å². The Hall–Kier alpha value is -2.55. The minimum Gasteiger partial charge on any atom is -0.467 e. The molecule has 0 bridgehead atoms. The Bertz CT molecular complexity index is 1380. The third-order valence-electron chi connectivity index (χ3n) is 6.11. The molecule has 34 heavy (non-hydrogen) atoms. The molecule has 0 saturated carbocycles. The van der Waals surface area contributed by atoms with Crippen LogP contribution in [0.5, 0.6) is 0 Å². The Kier molecular flexibility index (Phi) is 7.21. The van der Waals surface area contributed by atoms with Crippen LogP contribution in [-0.4, -0.2) is 35.4 Å². The molecule has 0 aliphatic heterocycles. The van der Waals surface area contributed by atoms with Crippen LogP contribution in [0.1, 0.15) is 41.9 Å². The zero-order chi connectivity index (χ0) is 24.5. The van der Waals surface area contributed by atoms with Crippen LogP contribution in [-0.2, 0) is 22.3 Å². The van der Waals surface area contributed by atoms with Crippen molar-refractivity contribution in [2.75, 3.05) is 13.1 Å². The highest BCUT2D eigenvalue weighted by molar-refractivity contribution is 7.98. The first kappa shape index (κ1) is 24.6. The average molecular weight is 498 g/mol. The van der Waals surface area contributed by atoms with Gasteiger partial charge in [0.05, 0.1) is 28.7 Å². The van der Waals surface area contributed by atoms with Gasteiger partial charge in [-0.3, -0.25) is 0 Å². The lowest BCUT2D eigenvalue weighted by Crippen LogP contribution is -2.30. The number of hydrogen-bond donors (Lipinski definition) is 0. The molecule has 0 N–H and O–H groups in total. The Morgan fingerprint density at radius 3 is 2.35 bits per heavy atom. The maximum atomic E-state index is 13.1. The van der Waals surface area contributed by atoms with Crippen LogP contribution in [0.2, 0.25) is 0 Å². The normalized spacial score (nSPS) is 12.2. The summed E-state index contributed by atoms with van der Waals surface area (Å²) < 4.78 is 35.3. The minimum absolute atomic E-state index is 0.271. The molecule has 0 amide bonds. The summed E-state index contributed by atoms with van der Waals surface area (Å²) in [7, 11) is -3.56. The summed E-state index contributed by atoms with van der Waals surface area (Å²) in [6, 6.07) is 13.4. The van der Waals surface area contributed by atoms with E-state index in [4.69, 9.17) is 9.40 Å². The zero-order valence-corrected chi connectivity index (χ0v) is 22.0. The quantitative estimate of drug-likeness (QED) is 0.268. The maximum absolute atomic E-state index is 13.1. The molecule has 0 aliphatic carbocycles. The van der Waals surface area contributed by atoms with Gasteiger partial charge < -0.3 is 8.98 Å². The summed E-state index contributed by atoms with van der Waals surface area (Å²) in [5.41, 5.74) is 6.65. The van der Waals surface area contributed by atoms with E-state index in [0.29, 0.717) is 25.2 Å². The predicted molar refractivity (Wildman–Crippen MR) is 138 cm³/mol. The molecule has 180 valence electrons. The number of rotatable bonds is 9. The summed E-state index contributed by atoms with van der Waals surface area (Å²) in [5, 5.41) is 0.836. The average Bonchev–Trinajstić information content (AvgIpc) is 3.41. The number of fused-ring (bicyclic) bond motifs is 1. The fourth-order valence-electron chi connectivity index (χ4n) is 4.36. The van der Waals surface area contributed by atoms with Crippen LogP contribution in [0.4, 0.5) is 0 Å². The molecular formula is C26H31N3O3S2. The molecule has 2 aromatic carbocycles. The lowest BCUT2D eigenvalue weighted by Gasteiger charge is -2.18. The summed E-state index contributed by atoms with van der Waals surface area (Å²) >= 11 is 1.66. The molecule has 0 spiro atoms. The molecular weight excluding hydrogens is 466 g/mol. The van der Waals surface area contributed by atoms with Crippen molar-refractivity contribution >= 4 is 32.8 Å². The first-order chi connectivity index (χ1) is 16.2. The monoisotopic (exact) mass is 497 g/mol. The highest BCUT2D eigenvalue weighted by Crippen LogP contribution is 2.31. The van der Waals surface area contributed by atoms with Gasteiger partial charge in [-0.25, -0.2) is 13.4 Å². The van der Waals surface area contributed by atoms with Gasteiger partial charge >= 0.3 is 0 Å². The molecule has 0 fully saturated rings. The number of hydrogen-bond acceptors (Lipinski definition) is 5. The second kappa shape index (κ2) is 9.98. The fourth-order valence-corrected chi connectivity index (χ4v) is 7.05. The van der Waals surface area contributed by atoms with Gasteiger partial charge in [-0.2, -0.15) is 4.31 Å². The molecule has 0 radical (unpaired) electrons. The molecule has 8 heteroatoms. The number of thioether (sulfide) groups is 1. The summed E-state index contributed by atoms with van der Waals surface area (Å²) in [6.07, 6.45) is 1.66. The first-order valence-electron chi connectivity index (χ1n) is 11.5. The molecule has 0 unspecified atom stereocenters. The van der Waals surface area contributed by atoms with Crippen molar-refractivity contribution in [3.05, 3.63) is 76.7 Å². The van der Waals surface area contributed by atoms with Crippen molar-refractivity contribution in [3.8, 4) is 0 Å². The lowest BCUT2D eigenvalue weighted by molar-refractivity contribution is 0.445. The molecule has 0 atom stereocenters.